The van der Waals surface area contributed by atoms with Gasteiger partial charge in [-0.2, -0.15) is 0 Å². The molecule has 0 saturated carbocycles. The Balaban J connectivity index is 2.69. The number of sulfonamides is 1. The highest BCUT2D eigenvalue weighted by molar-refractivity contribution is 7.92. The smallest absolute Gasteiger partial charge is 0.262 e. The highest BCUT2D eigenvalue weighted by Crippen LogP contribution is 2.36. The second-order valence-electron chi connectivity index (χ2n) is 7.97. The molecule has 3 nitrogen and oxygen atoms in total. The van der Waals surface area contributed by atoms with Gasteiger partial charge in [0.15, 0.2) is 0 Å². The number of anilines is 1. The second-order valence-corrected chi connectivity index (χ2v) is 9.59. The molecule has 0 unspecified atom stereocenters. The minimum atomic E-state index is -3.67. The average molecular weight is 374 g/mol. The fourth-order valence-corrected chi connectivity index (χ4v) is 4.86. The molecule has 0 heterocycles. The number of benzene rings is 2. The summed E-state index contributed by atoms with van der Waals surface area (Å²) in [5, 5.41) is 0. The van der Waals surface area contributed by atoms with Crippen molar-refractivity contribution in [1.82, 2.24) is 0 Å². The van der Waals surface area contributed by atoms with Crippen LogP contribution in [0.1, 0.15) is 81.5 Å². The molecule has 0 amide bonds. The predicted molar refractivity (Wildman–Crippen MR) is 111 cm³/mol. The minimum Gasteiger partial charge on any atom is -0.280 e. The first kappa shape index (κ1) is 20.5. The van der Waals surface area contributed by atoms with E-state index in [1.807, 2.05) is 25.1 Å². The van der Waals surface area contributed by atoms with E-state index in [0.29, 0.717) is 16.5 Å². The fourth-order valence-electron chi connectivity index (χ4n) is 3.11. The molecule has 1 N–H and O–H groups in total. The molecule has 0 atom stereocenters. The molecule has 0 fully saturated rings. The van der Waals surface area contributed by atoms with Crippen LogP contribution >= 0.6 is 0 Å². The van der Waals surface area contributed by atoms with Crippen LogP contribution < -0.4 is 4.72 Å². The van der Waals surface area contributed by atoms with Gasteiger partial charge in [-0.05, 0) is 59.1 Å². The summed E-state index contributed by atoms with van der Waals surface area (Å²) in [6.45, 7) is 14.4. The molecule has 0 radical (unpaired) electrons. The molecule has 0 bridgehead atoms. The number of rotatable bonds is 6. The Hall–Kier alpha value is -1.81. The van der Waals surface area contributed by atoms with Gasteiger partial charge >= 0.3 is 0 Å². The van der Waals surface area contributed by atoms with Crippen molar-refractivity contribution in [1.29, 1.82) is 0 Å². The number of hydrogen-bond donors (Lipinski definition) is 1. The zero-order valence-corrected chi connectivity index (χ0v) is 17.7. The van der Waals surface area contributed by atoms with Crippen LogP contribution in [0.2, 0.25) is 0 Å². The summed E-state index contributed by atoms with van der Waals surface area (Å²) in [7, 11) is -3.67. The lowest BCUT2D eigenvalue weighted by Gasteiger charge is -2.23. The van der Waals surface area contributed by atoms with E-state index in [4.69, 9.17) is 0 Å². The normalized spacial score (nSPS) is 12.2. The van der Waals surface area contributed by atoms with Crippen molar-refractivity contribution in [2.75, 3.05) is 4.72 Å². The van der Waals surface area contributed by atoms with Gasteiger partial charge < -0.3 is 0 Å². The molecule has 142 valence electrons. The molecule has 4 heteroatoms. The van der Waals surface area contributed by atoms with Gasteiger partial charge in [0.25, 0.3) is 10.0 Å². The lowest BCUT2D eigenvalue weighted by atomic mass is 9.89. The van der Waals surface area contributed by atoms with Crippen molar-refractivity contribution in [3.63, 3.8) is 0 Å². The molecule has 0 aliphatic carbocycles. The van der Waals surface area contributed by atoms with Crippen molar-refractivity contribution in [3.05, 3.63) is 58.7 Å². The molecule has 0 saturated heterocycles. The Morgan fingerprint density at radius 3 is 1.77 bits per heavy atom. The SMILES string of the molecule is Cc1cccc(NS(=O)(=O)c2c(C(C)C)cc(C(C)C)cc2C(C)C)c1. The monoisotopic (exact) mass is 373 g/mol. The molecule has 0 aliphatic rings. The van der Waals surface area contributed by atoms with Gasteiger partial charge in [-0.15, -0.1) is 0 Å². The minimum absolute atomic E-state index is 0.121. The van der Waals surface area contributed by atoms with E-state index >= 15 is 0 Å². The van der Waals surface area contributed by atoms with Gasteiger partial charge in [0.05, 0.1) is 4.90 Å². The van der Waals surface area contributed by atoms with Crippen molar-refractivity contribution in [2.45, 2.75) is 71.1 Å². The Morgan fingerprint density at radius 1 is 0.808 bits per heavy atom. The maximum Gasteiger partial charge on any atom is 0.262 e. The Bertz CT molecular complexity index is 852. The summed E-state index contributed by atoms with van der Waals surface area (Å²) in [5.74, 6) is 0.594. The lowest BCUT2D eigenvalue weighted by molar-refractivity contribution is 0.595. The van der Waals surface area contributed by atoms with Crippen LogP contribution in [0.3, 0.4) is 0 Å². The molecule has 2 aromatic rings. The van der Waals surface area contributed by atoms with E-state index < -0.39 is 10.0 Å². The van der Waals surface area contributed by atoms with Gasteiger partial charge in [0, 0.05) is 5.69 Å². The van der Waals surface area contributed by atoms with Gasteiger partial charge in [0.1, 0.15) is 0 Å². The van der Waals surface area contributed by atoms with Crippen LogP contribution in [0.4, 0.5) is 5.69 Å². The van der Waals surface area contributed by atoms with Crippen molar-refractivity contribution in [2.24, 2.45) is 0 Å². The zero-order chi connectivity index (χ0) is 19.6. The molecule has 0 spiro atoms. The third-order valence-corrected chi connectivity index (χ3v) is 6.13. The van der Waals surface area contributed by atoms with E-state index in [9.17, 15) is 8.42 Å². The van der Waals surface area contributed by atoms with Crippen LogP contribution in [0.25, 0.3) is 0 Å². The van der Waals surface area contributed by atoms with Crippen molar-refractivity contribution >= 4 is 15.7 Å². The molecule has 26 heavy (non-hydrogen) atoms. The predicted octanol–water partition coefficient (Wildman–Crippen LogP) is 6.17. The molecule has 0 aromatic heterocycles. The number of nitrogens with one attached hydrogen (secondary N) is 1. The van der Waals surface area contributed by atoms with Crippen molar-refractivity contribution in [3.8, 4) is 0 Å². The molecular formula is C22H31NO2S. The first-order valence-corrected chi connectivity index (χ1v) is 10.8. The Labute approximate surface area is 158 Å². The van der Waals surface area contributed by atoms with Gasteiger partial charge in [0.2, 0.25) is 0 Å². The summed E-state index contributed by atoms with van der Waals surface area (Å²) in [6.07, 6.45) is 0. The number of aryl methyl sites for hydroxylation is 1. The van der Waals surface area contributed by atoms with Gasteiger partial charge in [-0.1, -0.05) is 65.8 Å². The average Bonchev–Trinajstić information content (AvgIpc) is 2.52. The van der Waals surface area contributed by atoms with Crippen LogP contribution in [0.15, 0.2) is 41.3 Å². The van der Waals surface area contributed by atoms with Crippen LogP contribution in [0, 0.1) is 6.92 Å². The first-order valence-electron chi connectivity index (χ1n) is 9.30. The first-order chi connectivity index (χ1) is 12.0. The summed E-state index contributed by atoms with van der Waals surface area (Å²) in [6, 6.07) is 11.6. The highest BCUT2D eigenvalue weighted by atomic mass is 32.2. The van der Waals surface area contributed by atoms with Crippen LogP contribution in [-0.2, 0) is 10.0 Å². The van der Waals surface area contributed by atoms with E-state index in [1.165, 1.54) is 5.56 Å². The van der Waals surface area contributed by atoms with Crippen LogP contribution in [-0.4, -0.2) is 8.42 Å². The van der Waals surface area contributed by atoms with E-state index in [0.717, 1.165) is 16.7 Å². The highest BCUT2D eigenvalue weighted by Gasteiger charge is 2.27. The fraction of sp³-hybridized carbons (Fsp3) is 0.455. The summed E-state index contributed by atoms with van der Waals surface area (Å²) in [5.41, 5.74) is 4.59. The zero-order valence-electron chi connectivity index (χ0n) is 16.9. The maximum absolute atomic E-state index is 13.3. The van der Waals surface area contributed by atoms with Crippen molar-refractivity contribution < 1.29 is 8.42 Å². The van der Waals surface area contributed by atoms with E-state index in [2.05, 4.69) is 58.4 Å². The van der Waals surface area contributed by atoms with Crippen LogP contribution in [0.5, 0.6) is 0 Å². The van der Waals surface area contributed by atoms with E-state index in [1.54, 1.807) is 6.07 Å². The number of hydrogen-bond acceptors (Lipinski definition) is 2. The van der Waals surface area contributed by atoms with Gasteiger partial charge in [-0.3, -0.25) is 4.72 Å². The molecular weight excluding hydrogens is 342 g/mol. The summed E-state index contributed by atoms with van der Waals surface area (Å²) >= 11 is 0. The summed E-state index contributed by atoms with van der Waals surface area (Å²) < 4.78 is 29.5. The molecule has 0 aliphatic heterocycles. The topological polar surface area (TPSA) is 46.2 Å². The van der Waals surface area contributed by atoms with E-state index in [-0.39, 0.29) is 11.8 Å². The third-order valence-electron chi connectivity index (χ3n) is 4.62. The third kappa shape index (κ3) is 4.47. The Kier molecular flexibility index (Phi) is 6.17. The molecule has 2 aromatic carbocycles. The lowest BCUT2D eigenvalue weighted by Crippen LogP contribution is -2.19. The Morgan fingerprint density at radius 2 is 1.35 bits per heavy atom. The maximum atomic E-state index is 13.3. The second kappa shape index (κ2) is 7.83. The largest absolute Gasteiger partial charge is 0.280 e. The molecule has 2 rings (SSSR count). The van der Waals surface area contributed by atoms with Gasteiger partial charge in [-0.25, -0.2) is 8.42 Å². The standard InChI is InChI=1S/C22H31NO2S/c1-14(2)18-12-20(15(3)4)22(21(13-18)16(5)6)26(24,25)23-19-10-8-9-17(7)11-19/h8-16,23H,1-7H3. The quantitative estimate of drug-likeness (QED) is 0.658. The summed E-state index contributed by atoms with van der Waals surface area (Å²) in [4.78, 5) is 0.438.